The molecule has 1 saturated heterocycles. The predicted octanol–water partition coefficient (Wildman–Crippen LogP) is -0.333. The Hall–Kier alpha value is -1.16. The molecule has 2 bridgehead atoms. The lowest BCUT2D eigenvalue weighted by atomic mass is 9.85. The van der Waals surface area contributed by atoms with Crippen LogP contribution in [0.3, 0.4) is 0 Å². The molecule has 3 aliphatic rings. The van der Waals surface area contributed by atoms with Crippen molar-refractivity contribution in [3.05, 3.63) is 12.2 Å². The van der Waals surface area contributed by atoms with Crippen molar-refractivity contribution in [1.29, 1.82) is 0 Å². The van der Waals surface area contributed by atoms with Crippen molar-refractivity contribution in [3.8, 4) is 0 Å². The summed E-state index contributed by atoms with van der Waals surface area (Å²) >= 11 is 0. The molecule has 13 heavy (non-hydrogen) atoms. The fourth-order valence-corrected chi connectivity index (χ4v) is 2.93. The molecule has 0 spiro atoms. The maximum Gasteiger partial charge on any atom is 0.248 e. The molecule has 2 fully saturated rings. The molecule has 1 saturated carbocycles. The van der Waals surface area contributed by atoms with Crippen molar-refractivity contribution in [2.24, 2.45) is 29.5 Å². The molecule has 4 atom stereocenters. The van der Waals surface area contributed by atoms with Crippen molar-refractivity contribution in [2.45, 2.75) is 6.42 Å². The Balaban J connectivity index is 2.08. The quantitative estimate of drug-likeness (QED) is 0.239. The molecule has 4 heteroatoms. The van der Waals surface area contributed by atoms with E-state index in [1.165, 1.54) is 0 Å². The minimum atomic E-state index is -0.188. The molecule has 2 aliphatic carbocycles. The Labute approximate surface area is 75.3 Å². The number of hydrazine groups is 1. The van der Waals surface area contributed by atoms with Crippen LogP contribution < -0.4 is 5.84 Å². The first-order chi connectivity index (χ1) is 6.20. The van der Waals surface area contributed by atoms with Gasteiger partial charge in [-0.2, -0.15) is 0 Å². The molecule has 68 valence electrons. The molecule has 2 N–H and O–H groups in total. The second-order valence-electron chi connectivity index (χ2n) is 4.05. The molecule has 1 aliphatic heterocycles. The molecular weight excluding hydrogens is 168 g/mol. The van der Waals surface area contributed by atoms with E-state index in [1.807, 2.05) is 0 Å². The average molecular weight is 178 g/mol. The standard InChI is InChI=1S/C9H10N2O2/c10-11-8(12)6-4-1-2-5(3-4)7(6)9(11)13/h1-2,4-7H,3,10H2/t4-,5+,6+,7-. The summed E-state index contributed by atoms with van der Waals surface area (Å²) in [6.45, 7) is 0. The largest absolute Gasteiger partial charge is 0.273 e. The summed E-state index contributed by atoms with van der Waals surface area (Å²) in [5.41, 5.74) is 0. The van der Waals surface area contributed by atoms with Gasteiger partial charge in [-0.25, -0.2) is 10.9 Å². The van der Waals surface area contributed by atoms with E-state index in [2.05, 4.69) is 12.2 Å². The second kappa shape index (κ2) is 2.01. The fourth-order valence-electron chi connectivity index (χ4n) is 2.93. The van der Waals surface area contributed by atoms with Gasteiger partial charge >= 0.3 is 0 Å². The summed E-state index contributed by atoms with van der Waals surface area (Å²) in [6.07, 6.45) is 5.06. The van der Waals surface area contributed by atoms with Crippen LogP contribution in [-0.4, -0.2) is 16.8 Å². The Morgan fingerprint density at radius 2 is 1.62 bits per heavy atom. The Bertz CT molecular complexity index is 307. The highest BCUT2D eigenvalue weighted by atomic mass is 16.2. The van der Waals surface area contributed by atoms with E-state index in [0.29, 0.717) is 0 Å². The van der Waals surface area contributed by atoms with E-state index >= 15 is 0 Å². The summed E-state index contributed by atoms with van der Waals surface area (Å²) in [5, 5.41) is 0.807. The highest BCUT2D eigenvalue weighted by Gasteiger charge is 2.58. The normalized spacial score (nSPS) is 46.4. The molecular formula is C9H10N2O2. The number of allylic oxidation sites excluding steroid dienone is 2. The van der Waals surface area contributed by atoms with Gasteiger partial charge in [0.15, 0.2) is 0 Å². The maximum absolute atomic E-state index is 11.5. The van der Waals surface area contributed by atoms with Crippen molar-refractivity contribution < 1.29 is 9.59 Å². The summed E-state index contributed by atoms with van der Waals surface area (Å²) in [5.74, 6) is 5.23. The number of nitrogens with two attached hydrogens (primary N) is 1. The fraction of sp³-hybridized carbons (Fsp3) is 0.556. The molecule has 0 unspecified atom stereocenters. The Morgan fingerprint density at radius 1 is 1.15 bits per heavy atom. The lowest BCUT2D eigenvalue weighted by molar-refractivity contribution is -0.141. The van der Waals surface area contributed by atoms with Gasteiger partial charge in [0.25, 0.3) is 0 Å². The highest BCUT2D eigenvalue weighted by Crippen LogP contribution is 2.51. The average Bonchev–Trinajstić information content (AvgIpc) is 2.76. The molecule has 0 aromatic rings. The van der Waals surface area contributed by atoms with E-state index in [-0.39, 0.29) is 35.5 Å². The van der Waals surface area contributed by atoms with E-state index in [4.69, 9.17) is 5.84 Å². The number of carbonyl (C=O) groups is 2. The Morgan fingerprint density at radius 3 is 2.08 bits per heavy atom. The van der Waals surface area contributed by atoms with E-state index in [0.717, 1.165) is 11.4 Å². The molecule has 3 rings (SSSR count). The maximum atomic E-state index is 11.5. The van der Waals surface area contributed by atoms with Crippen molar-refractivity contribution in [1.82, 2.24) is 5.01 Å². The van der Waals surface area contributed by atoms with E-state index < -0.39 is 0 Å². The van der Waals surface area contributed by atoms with E-state index in [1.54, 1.807) is 0 Å². The highest BCUT2D eigenvalue weighted by molar-refractivity contribution is 6.05. The van der Waals surface area contributed by atoms with Gasteiger partial charge in [-0.3, -0.25) is 9.59 Å². The topological polar surface area (TPSA) is 63.4 Å². The Kier molecular flexibility index (Phi) is 1.12. The van der Waals surface area contributed by atoms with Crippen LogP contribution in [0.4, 0.5) is 0 Å². The molecule has 1 heterocycles. The molecule has 0 radical (unpaired) electrons. The number of amides is 2. The third-order valence-corrected chi connectivity index (χ3v) is 3.50. The van der Waals surface area contributed by atoms with Crippen molar-refractivity contribution in [2.75, 3.05) is 0 Å². The lowest BCUT2D eigenvalue weighted by Gasteiger charge is -2.14. The number of fused-ring (bicyclic) bond motifs is 5. The number of nitrogens with zero attached hydrogens (tertiary/aromatic N) is 1. The van der Waals surface area contributed by atoms with Gasteiger partial charge in [0.2, 0.25) is 11.8 Å². The third-order valence-electron chi connectivity index (χ3n) is 3.50. The monoisotopic (exact) mass is 178 g/mol. The molecule has 2 amide bonds. The van der Waals surface area contributed by atoms with Crippen molar-refractivity contribution in [3.63, 3.8) is 0 Å². The summed E-state index contributed by atoms with van der Waals surface area (Å²) in [7, 11) is 0. The van der Waals surface area contributed by atoms with Gasteiger partial charge in [-0.1, -0.05) is 12.2 Å². The van der Waals surface area contributed by atoms with Gasteiger partial charge < -0.3 is 0 Å². The van der Waals surface area contributed by atoms with Gasteiger partial charge in [0.05, 0.1) is 11.8 Å². The number of hydrogen-bond acceptors (Lipinski definition) is 3. The van der Waals surface area contributed by atoms with Crippen LogP contribution in [-0.2, 0) is 9.59 Å². The van der Waals surface area contributed by atoms with Crippen molar-refractivity contribution >= 4 is 11.8 Å². The zero-order chi connectivity index (χ0) is 9.16. The number of imide groups is 1. The summed E-state index contributed by atoms with van der Waals surface area (Å²) in [6, 6.07) is 0. The minimum absolute atomic E-state index is 0.146. The lowest BCUT2D eigenvalue weighted by Crippen LogP contribution is -2.38. The minimum Gasteiger partial charge on any atom is -0.273 e. The number of carbonyl (C=O) groups excluding carboxylic acids is 2. The van der Waals surface area contributed by atoms with E-state index in [9.17, 15) is 9.59 Å². The van der Waals surface area contributed by atoms with Crippen LogP contribution in [0.25, 0.3) is 0 Å². The first kappa shape index (κ1) is 7.26. The molecule has 0 aromatic carbocycles. The van der Waals surface area contributed by atoms with Crippen LogP contribution in [0.2, 0.25) is 0 Å². The molecule has 0 aromatic heterocycles. The number of rotatable bonds is 0. The van der Waals surface area contributed by atoms with Crippen LogP contribution in [0.15, 0.2) is 12.2 Å². The SMILES string of the molecule is NN1C(=O)[C@@H]2[C@H](C1=O)[C@H]1C=C[C@@H]2C1. The van der Waals surface area contributed by atoms with Gasteiger partial charge in [0, 0.05) is 0 Å². The zero-order valence-electron chi connectivity index (χ0n) is 7.01. The van der Waals surface area contributed by atoms with Gasteiger partial charge in [-0.05, 0) is 18.3 Å². The van der Waals surface area contributed by atoms with Crippen LogP contribution >= 0.6 is 0 Å². The number of hydrogen-bond donors (Lipinski definition) is 1. The second-order valence-corrected chi connectivity index (χ2v) is 4.05. The zero-order valence-corrected chi connectivity index (χ0v) is 7.01. The van der Waals surface area contributed by atoms with Gasteiger partial charge in [-0.15, -0.1) is 0 Å². The first-order valence-electron chi connectivity index (χ1n) is 4.51. The van der Waals surface area contributed by atoms with Crippen LogP contribution in [0, 0.1) is 23.7 Å². The van der Waals surface area contributed by atoms with Crippen LogP contribution in [0.5, 0.6) is 0 Å². The summed E-state index contributed by atoms with van der Waals surface area (Å²) < 4.78 is 0. The van der Waals surface area contributed by atoms with Crippen LogP contribution in [0.1, 0.15) is 6.42 Å². The molecule has 4 nitrogen and oxygen atoms in total. The predicted molar refractivity (Wildman–Crippen MR) is 43.8 cm³/mol. The van der Waals surface area contributed by atoms with Gasteiger partial charge in [0.1, 0.15) is 0 Å². The third kappa shape index (κ3) is 0.659. The smallest absolute Gasteiger partial charge is 0.248 e. The summed E-state index contributed by atoms with van der Waals surface area (Å²) in [4.78, 5) is 23.1. The first-order valence-corrected chi connectivity index (χ1v) is 4.51.